The van der Waals surface area contributed by atoms with Gasteiger partial charge in [-0.05, 0) is 50.2 Å². The van der Waals surface area contributed by atoms with Crippen LogP contribution in [0.25, 0.3) is 0 Å². The van der Waals surface area contributed by atoms with Crippen molar-refractivity contribution in [2.45, 2.75) is 26.4 Å². The van der Waals surface area contributed by atoms with Gasteiger partial charge in [0, 0.05) is 36.9 Å². The summed E-state index contributed by atoms with van der Waals surface area (Å²) in [4.78, 5) is 10.7. The van der Waals surface area contributed by atoms with E-state index in [0.717, 1.165) is 12.2 Å². The van der Waals surface area contributed by atoms with Crippen LogP contribution in [0.15, 0.2) is 42.9 Å². The summed E-state index contributed by atoms with van der Waals surface area (Å²) in [6.07, 6.45) is 5.52. The van der Waals surface area contributed by atoms with Gasteiger partial charge in [0.1, 0.15) is 0 Å². The van der Waals surface area contributed by atoms with Gasteiger partial charge in [-0.1, -0.05) is 6.07 Å². The number of hydrogen-bond acceptors (Lipinski definition) is 3. The van der Waals surface area contributed by atoms with Gasteiger partial charge >= 0.3 is 0 Å². The predicted octanol–water partition coefficient (Wildman–Crippen LogP) is 2.98. The van der Waals surface area contributed by atoms with Crippen LogP contribution in [-0.2, 0) is 6.54 Å². The summed E-state index contributed by atoms with van der Waals surface area (Å²) in [7, 11) is 2.14. The number of hydrogen-bond donors (Lipinski definition) is 0. The molecule has 0 saturated carbocycles. The molecule has 2 aromatic rings. The van der Waals surface area contributed by atoms with Crippen molar-refractivity contribution in [2.75, 3.05) is 7.05 Å². The molecule has 18 heavy (non-hydrogen) atoms. The average molecular weight is 241 g/mol. The summed E-state index contributed by atoms with van der Waals surface area (Å²) in [5.41, 5.74) is 3.67. The summed E-state index contributed by atoms with van der Waals surface area (Å²) in [6, 6.07) is 8.63. The monoisotopic (exact) mass is 241 g/mol. The third-order valence-corrected chi connectivity index (χ3v) is 3.39. The Labute approximate surface area is 109 Å². The van der Waals surface area contributed by atoms with Gasteiger partial charge in [-0.3, -0.25) is 14.9 Å². The predicted molar refractivity (Wildman–Crippen MR) is 73.1 cm³/mol. The lowest BCUT2D eigenvalue weighted by atomic mass is 10.1. The molecule has 0 amide bonds. The standard InChI is InChI=1S/C15H19N3/c1-12-15(5-4-8-17-12)11-18(3)13(2)14-6-9-16-10-7-14/h4-10,13H,11H2,1-3H3/t13-/m0/s1. The highest BCUT2D eigenvalue weighted by Gasteiger charge is 2.12. The highest BCUT2D eigenvalue weighted by Crippen LogP contribution is 2.20. The molecule has 0 aliphatic rings. The third-order valence-electron chi connectivity index (χ3n) is 3.39. The zero-order valence-electron chi connectivity index (χ0n) is 11.2. The van der Waals surface area contributed by atoms with Crippen LogP contribution < -0.4 is 0 Å². The summed E-state index contributed by atoms with van der Waals surface area (Å²) in [6.45, 7) is 5.17. The van der Waals surface area contributed by atoms with Crippen molar-refractivity contribution >= 4 is 0 Å². The van der Waals surface area contributed by atoms with Gasteiger partial charge in [-0.2, -0.15) is 0 Å². The van der Waals surface area contributed by atoms with Gasteiger partial charge in [-0.25, -0.2) is 0 Å². The highest BCUT2D eigenvalue weighted by atomic mass is 15.1. The number of aromatic nitrogens is 2. The molecule has 3 nitrogen and oxygen atoms in total. The molecule has 0 N–H and O–H groups in total. The van der Waals surface area contributed by atoms with E-state index in [1.807, 2.05) is 24.7 Å². The second-order valence-corrected chi connectivity index (χ2v) is 4.62. The van der Waals surface area contributed by atoms with Gasteiger partial charge < -0.3 is 0 Å². The molecule has 0 aliphatic heterocycles. The van der Waals surface area contributed by atoms with E-state index in [2.05, 4.69) is 54.0 Å². The molecule has 0 fully saturated rings. The minimum Gasteiger partial charge on any atom is -0.295 e. The fourth-order valence-corrected chi connectivity index (χ4v) is 1.99. The largest absolute Gasteiger partial charge is 0.295 e. The molecule has 0 aromatic carbocycles. The van der Waals surface area contributed by atoms with Gasteiger partial charge in [0.2, 0.25) is 0 Å². The maximum Gasteiger partial charge on any atom is 0.0417 e. The van der Waals surface area contributed by atoms with E-state index in [1.54, 1.807) is 0 Å². The van der Waals surface area contributed by atoms with Crippen molar-refractivity contribution in [3.63, 3.8) is 0 Å². The van der Waals surface area contributed by atoms with Gasteiger partial charge in [-0.15, -0.1) is 0 Å². The van der Waals surface area contributed by atoms with Crippen molar-refractivity contribution < 1.29 is 0 Å². The Morgan fingerprint density at radius 1 is 1.17 bits per heavy atom. The molecule has 0 saturated heterocycles. The number of rotatable bonds is 4. The normalized spacial score (nSPS) is 12.7. The first-order valence-electron chi connectivity index (χ1n) is 6.19. The average Bonchev–Trinajstić information content (AvgIpc) is 2.41. The third kappa shape index (κ3) is 2.93. The smallest absolute Gasteiger partial charge is 0.0417 e. The topological polar surface area (TPSA) is 29.0 Å². The Kier molecular flexibility index (Phi) is 4.05. The first-order chi connectivity index (χ1) is 8.68. The lowest BCUT2D eigenvalue weighted by Crippen LogP contribution is -2.22. The second-order valence-electron chi connectivity index (χ2n) is 4.62. The molecule has 0 bridgehead atoms. The first-order valence-corrected chi connectivity index (χ1v) is 6.19. The summed E-state index contributed by atoms with van der Waals surface area (Å²) in [5, 5.41) is 0. The van der Waals surface area contributed by atoms with E-state index in [0.29, 0.717) is 6.04 Å². The van der Waals surface area contributed by atoms with Crippen LogP contribution in [0, 0.1) is 6.92 Å². The van der Waals surface area contributed by atoms with E-state index in [-0.39, 0.29) is 0 Å². The molecule has 0 aliphatic carbocycles. The van der Waals surface area contributed by atoms with E-state index < -0.39 is 0 Å². The first kappa shape index (κ1) is 12.7. The zero-order valence-corrected chi connectivity index (χ0v) is 11.2. The van der Waals surface area contributed by atoms with Crippen molar-refractivity contribution in [2.24, 2.45) is 0 Å². The van der Waals surface area contributed by atoms with Crippen LogP contribution in [-0.4, -0.2) is 21.9 Å². The fraction of sp³-hybridized carbons (Fsp3) is 0.333. The van der Waals surface area contributed by atoms with Crippen molar-refractivity contribution in [3.8, 4) is 0 Å². The molecular formula is C15H19N3. The molecular weight excluding hydrogens is 222 g/mol. The Bertz CT molecular complexity index is 496. The lowest BCUT2D eigenvalue weighted by Gasteiger charge is -2.25. The molecule has 94 valence electrons. The second kappa shape index (κ2) is 5.74. The number of pyridine rings is 2. The van der Waals surface area contributed by atoms with Crippen LogP contribution in [0.1, 0.15) is 29.8 Å². The molecule has 0 spiro atoms. The van der Waals surface area contributed by atoms with E-state index in [4.69, 9.17) is 0 Å². The van der Waals surface area contributed by atoms with Gasteiger partial charge in [0.25, 0.3) is 0 Å². The van der Waals surface area contributed by atoms with E-state index in [9.17, 15) is 0 Å². The summed E-state index contributed by atoms with van der Waals surface area (Å²) in [5.74, 6) is 0. The minimum atomic E-state index is 0.368. The van der Waals surface area contributed by atoms with Crippen LogP contribution in [0.2, 0.25) is 0 Å². The maximum absolute atomic E-state index is 4.33. The fourth-order valence-electron chi connectivity index (χ4n) is 1.99. The minimum absolute atomic E-state index is 0.368. The Hall–Kier alpha value is -1.74. The summed E-state index contributed by atoms with van der Waals surface area (Å²) >= 11 is 0. The Morgan fingerprint density at radius 3 is 2.56 bits per heavy atom. The molecule has 2 heterocycles. The summed E-state index contributed by atoms with van der Waals surface area (Å²) < 4.78 is 0. The molecule has 2 aromatic heterocycles. The number of aryl methyl sites for hydroxylation is 1. The molecule has 0 unspecified atom stereocenters. The molecule has 1 atom stereocenters. The van der Waals surface area contributed by atoms with Crippen LogP contribution in [0.3, 0.4) is 0 Å². The zero-order chi connectivity index (χ0) is 13.0. The van der Waals surface area contributed by atoms with Crippen molar-refractivity contribution in [1.82, 2.24) is 14.9 Å². The number of nitrogens with zero attached hydrogens (tertiary/aromatic N) is 3. The van der Waals surface area contributed by atoms with Crippen molar-refractivity contribution in [1.29, 1.82) is 0 Å². The van der Waals surface area contributed by atoms with E-state index >= 15 is 0 Å². The van der Waals surface area contributed by atoms with Crippen LogP contribution >= 0.6 is 0 Å². The van der Waals surface area contributed by atoms with Gasteiger partial charge in [0.05, 0.1) is 0 Å². The lowest BCUT2D eigenvalue weighted by molar-refractivity contribution is 0.252. The van der Waals surface area contributed by atoms with Gasteiger partial charge in [0.15, 0.2) is 0 Å². The molecule has 2 rings (SSSR count). The Balaban J connectivity index is 2.09. The van der Waals surface area contributed by atoms with Crippen LogP contribution in [0.4, 0.5) is 0 Å². The Morgan fingerprint density at radius 2 is 1.89 bits per heavy atom. The van der Waals surface area contributed by atoms with Crippen molar-refractivity contribution in [3.05, 3.63) is 59.7 Å². The molecule has 3 heteroatoms. The van der Waals surface area contributed by atoms with E-state index in [1.165, 1.54) is 11.1 Å². The SMILES string of the molecule is Cc1ncccc1CN(C)[C@@H](C)c1ccncc1. The highest BCUT2D eigenvalue weighted by molar-refractivity contribution is 5.19. The molecule has 0 radical (unpaired) electrons. The quantitative estimate of drug-likeness (QED) is 0.824. The maximum atomic E-state index is 4.33. The van der Waals surface area contributed by atoms with Crippen LogP contribution in [0.5, 0.6) is 0 Å².